The second-order valence-corrected chi connectivity index (χ2v) is 5.01. The first-order valence-electron chi connectivity index (χ1n) is 3.60. The van der Waals surface area contributed by atoms with Crippen LogP contribution in [-0.2, 0) is 0 Å². The van der Waals surface area contributed by atoms with Crippen LogP contribution >= 0.6 is 11.6 Å². The predicted molar refractivity (Wildman–Crippen MR) is 53.8 cm³/mol. The van der Waals surface area contributed by atoms with Crippen molar-refractivity contribution in [1.29, 1.82) is 0 Å². The van der Waals surface area contributed by atoms with Gasteiger partial charge < -0.3 is 0 Å². The molecule has 3 nitrogen and oxygen atoms in total. The van der Waals surface area contributed by atoms with E-state index in [1.165, 1.54) is 0 Å². The van der Waals surface area contributed by atoms with Crippen LogP contribution in [-0.4, -0.2) is 24.7 Å². The van der Waals surface area contributed by atoms with Crippen LogP contribution in [0.2, 0.25) is 5.02 Å². The van der Waals surface area contributed by atoms with E-state index in [0.29, 0.717) is 4.69 Å². The summed E-state index contributed by atoms with van der Waals surface area (Å²) < 4.78 is 1.58. The number of nitrogens with zero attached hydrogens (tertiary/aromatic N) is 2. The molecule has 0 aliphatic rings. The van der Waals surface area contributed by atoms with Gasteiger partial charge in [0.25, 0.3) is 0 Å². The zero-order valence-electron chi connectivity index (χ0n) is 6.57. The van der Waals surface area contributed by atoms with Crippen LogP contribution < -0.4 is 5.73 Å². The van der Waals surface area contributed by atoms with Gasteiger partial charge in [-0.3, -0.25) is 0 Å². The summed E-state index contributed by atoms with van der Waals surface area (Å²) in [6, 6.07) is 7.53. The van der Waals surface area contributed by atoms with Crippen LogP contribution in [0.5, 0.6) is 0 Å². The van der Waals surface area contributed by atoms with Crippen molar-refractivity contribution in [3.63, 3.8) is 0 Å². The first kappa shape index (κ1) is 8.75. The van der Waals surface area contributed by atoms with E-state index in [0.717, 1.165) is 15.2 Å². The van der Waals surface area contributed by atoms with Gasteiger partial charge in [0.15, 0.2) is 0 Å². The molecule has 0 amide bonds. The molecular formula is C8H6ClN3Se. The Kier molecular flexibility index (Phi) is 2.36. The second-order valence-electron chi connectivity index (χ2n) is 2.45. The molecule has 13 heavy (non-hydrogen) atoms. The molecule has 2 aromatic rings. The molecule has 1 aromatic heterocycles. The van der Waals surface area contributed by atoms with Crippen molar-refractivity contribution in [1.82, 2.24) is 10.2 Å². The fraction of sp³-hybridized carbons (Fsp3) is 0. The molecule has 0 saturated carbocycles. The van der Waals surface area contributed by atoms with Crippen molar-refractivity contribution >= 4 is 30.8 Å². The minimum absolute atomic E-state index is 0.0772. The van der Waals surface area contributed by atoms with Gasteiger partial charge in [0.05, 0.1) is 0 Å². The number of hydrogen-bond donors (Lipinski definition) is 1. The van der Waals surface area contributed by atoms with Crippen LogP contribution in [0.4, 0.5) is 4.69 Å². The normalized spacial score (nSPS) is 10.2. The van der Waals surface area contributed by atoms with Crippen molar-refractivity contribution < 1.29 is 0 Å². The average Bonchev–Trinajstić information content (AvgIpc) is 2.53. The number of hydrogen-bond acceptors (Lipinski definition) is 3. The number of rotatable bonds is 1. The third-order valence-corrected chi connectivity index (χ3v) is 3.47. The van der Waals surface area contributed by atoms with Crippen molar-refractivity contribution in [2.24, 2.45) is 0 Å². The van der Waals surface area contributed by atoms with Gasteiger partial charge in [0, 0.05) is 0 Å². The van der Waals surface area contributed by atoms with E-state index in [2.05, 4.69) is 10.2 Å². The van der Waals surface area contributed by atoms with E-state index in [1.54, 1.807) is 0 Å². The summed E-state index contributed by atoms with van der Waals surface area (Å²) in [5.74, 6) is 0. The Morgan fingerprint density at radius 1 is 1.15 bits per heavy atom. The van der Waals surface area contributed by atoms with Crippen molar-refractivity contribution in [3.8, 4) is 10.1 Å². The Hall–Kier alpha value is -0.831. The average molecular weight is 259 g/mol. The summed E-state index contributed by atoms with van der Waals surface area (Å²) in [7, 11) is 0. The van der Waals surface area contributed by atoms with Crippen molar-refractivity contribution in [3.05, 3.63) is 29.3 Å². The van der Waals surface area contributed by atoms with Gasteiger partial charge in [-0.2, -0.15) is 0 Å². The summed E-state index contributed by atoms with van der Waals surface area (Å²) in [6.45, 7) is 0. The molecule has 0 fully saturated rings. The number of nitrogen functional groups attached to an aromatic ring is 1. The molecule has 1 heterocycles. The monoisotopic (exact) mass is 259 g/mol. The quantitative estimate of drug-likeness (QED) is 0.788. The molecule has 1 aromatic carbocycles. The van der Waals surface area contributed by atoms with Crippen LogP contribution in [0.1, 0.15) is 0 Å². The Balaban J connectivity index is 2.41. The van der Waals surface area contributed by atoms with Crippen LogP contribution in [0, 0.1) is 0 Å². The summed E-state index contributed by atoms with van der Waals surface area (Å²) in [5, 5.41) is 8.50. The van der Waals surface area contributed by atoms with E-state index in [9.17, 15) is 0 Å². The van der Waals surface area contributed by atoms with E-state index in [-0.39, 0.29) is 14.5 Å². The molecule has 2 N–H and O–H groups in total. The molecule has 0 bridgehead atoms. The molecular weight excluding hydrogens is 253 g/mol. The Morgan fingerprint density at radius 2 is 1.85 bits per heavy atom. The molecule has 2 rings (SSSR count). The van der Waals surface area contributed by atoms with E-state index >= 15 is 0 Å². The zero-order chi connectivity index (χ0) is 9.26. The van der Waals surface area contributed by atoms with Gasteiger partial charge in [0.2, 0.25) is 0 Å². The number of halogens is 1. The maximum absolute atomic E-state index is 5.76. The van der Waals surface area contributed by atoms with Gasteiger partial charge in [-0.1, -0.05) is 0 Å². The summed E-state index contributed by atoms with van der Waals surface area (Å²) >= 11 is 5.84. The third kappa shape index (κ3) is 1.91. The van der Waals surface area contributed by atoms with Crippen LogP contribution in [0.3, 0.4) is 0 Å². The molecule has 66 valence electrons. The fourth-order valence-electron chi connectivity index (χ4n) is 0.944. The first-order chi connectivity index (χ1) is 6.25. The summed E-state index contributed by atoms with van der Waals surface area (Å²) in [5.41, 5.74) is 6.58. The predicted octanol–water partition coefficient (Wildman–Crippen LogP) is 1.44. The number of benzene rings is 1. The Bertz CT molecular complexity index is 410. The van der Waals surface area contributed by atoms with Gasteiger partial charge in [0.1, 0.15) is 0 Å². The molecule has 0 aliphatic heterocycles. The molecule has 0 spiro atoms. The Morgan fingerprint density at radius 3 is 2.38 bits per heavy atom. The molecule has 0 aliphatic carbocycles. The number of aromatic nitrogens is 2. The number of nitrogens with two attached hydrogens (primary N) is 1. The molecule has 0 unspecified atom stereocenters. The minimum atomic E-state index is 0.0772. The topological polar surface area (TPSA) is 51.8 Å². The maximum atomic E-state index is 5.76. The van der Waals surface area contributed by atoms with E-state index < -0.39 is 0 Å². The van der Waals surface area contributed by atoms with Gasteiger partial charge in [-0.25, -0.2) is 0 Å². The first-order valence-corrected chi connectivity index (χ1v) is 5.70. The molecule has 5 heteroatoms. The van der Waals surface area contributed by atoms with E-state index in [1.807, 2.05) is 24.3 Å². The Labute approximate surface area is 86.3 Å². The van der Waals surface area contributed by atoms with Crippen LogP contribution in [0.25, 0.3) is 10.1 Å². The van der Waals surface area contributed by atoms with E-state index in [4.69, 9.17) is 17.3 Å². The summed E-state index contributed by atoms with van der Waals surface area (Å²) in [4.78, 5) is 0. The van der Waals surface area contributed by atoms with Crippen molar-refractivity contribution in [2.45, 2.75) is 0 Å². The zero-order valence-corrected chi connectivity index (χ0v) is 9.04. The second kappa shape index (κ2) is 3.50. The van der Waals surface area contributed by atoms with Crippen LogP contribution in [0.15, 0.2) is 24.3 Å². The third-order valence-electron chi connectivity index (χ3n) is 1.53. The van der Waals surface area contributed by atoms with Gasteiger partial charge >= 0.3 is 86.1 Å². The fourth-order valence-corrected chi connectivity index (χ4v) is 2.36. The van der Waals surface area contributed by atoms with Crippen molar-refractivity contribution in [2.75, 3.05) is 5.73 Å². The van der Waals surface area contributed by atoms with Gasteiger partial charge in [-0.05, 0) is 0 Å². The number of anilines is 1. The molecule has 0 radical (unpaired) electrons. The molecule has 0 saturated heterocycles. The standard InChI is InChI=1S/C8H6ClN3Se/c9-6-3-1-5(2-4-6)7-11-12-8(10)13-7/h1-4H,(H2,10,12). The molecule has 0 atom stereocenters. The van der Waals surface area contributed by atoms with Gasteiger partial charge in [-0.15, -0.1) is 0 Å². The summed E-state index contributed by atoms with van der Waals surface area (Å²) in [6.07, 6.45) is 0. The SMILES string of the molecule is Nc1nnc(-c2ccc(Cl)cc2)[se]1.